The molecule has 6 nitrogen and oxygen atoms in total. The van der Waals surface area contributed by atoms with Gasteiger partial charge in [0.2, 0.25) is 11.8 Å². The standard InChI is InChI=1S/C11H16N2O4/c1-6(2)10-11(17)12(5-9(15)16)7-3-4-8(14)13(7)10/h6-7,10H,3-5H2,1-2H3,(H,15,16)/t7-,10-/m0/s1. The van der Waals surface area contributed by atoms with Crippen molar-refractivity contribution in [3.8, 4) is 0 Å². The zero-order valence-electron chi connectivity index (χ0n) is 9.92. The summed E-state index contributed by atoms with van der Waals surface area (Å²) in [4.78, 5) is 37.5. The molecule has 1 N–H and O–H groups in total. The molecule has 6 heteroatoms. The summed E-state index contributed by atoms with van der Waals surface area (Å²) < 4.78 is 0. The van der Waals surface area contributed by atoms with Crippen molar-refractivity contribution >= 4 is 17.8 Å². The Labute approximate surface area is 99.2 Å². The molecule has 2 saturated heterocycles. The third-order valence-electron chi connectivity index (χ3n) is 3.36. The van der Waals surface area contributed by atoms with Gasteiger partial charge in [-0.1, -0.05) is 13.8 Å². The Balaban J connectivity index is 2.29. The van der Waals surface area contributed by atoms with Gasteiger partial charge in [-0.2, -0.15) is 0 Å². The average Bonchev–Trinajstić information content (AvgIpc) is 2.68. The molecule has 2 aliphatic heterocycles. The van der Waals surface area contributed by atoms with E-state index in [0.29, 0.717) is 12.8 Å². The number of amides is 2. The van der Waals surface area contributed by atoms with Gasteiger partial charge in [-0.25, -0.2) is 0 Å². The molecule has 0 aromatic heterocycles. The van der Waals surface area contributed by atoms with E-state index in [1.54, 1.807) is 4.90 Å². The van der Waals surface area contributed by atoms with Crippen LogP contribution < -0.4 is 0 Å². The lowest BCUT2D eigenvalue weighted by atomic mass is 10.0. The fraction of sp³-hybridized carbons (Fsp3) is 0.727. The Hall–Kier alpha value is -1.59. The zero-order valence-corrected chi connectivity index (χ0v) is 9.92. The number of carbonyl (C=O) groups excluding carboxylic acids is 2. The van der Waals surface area contributed by atoms with Crippen LogP contribution in [0.15, 0.2) is 0 Å². The lowest BCUT2D eigenvalue weighted by Crippen LogP contribution is -2.40. The van der Waals surface area contributed by atoms with E-state index in [1.807, 2.05) is 13.8 Å². The van der Waals surface area contributed by atoms with Gasteiger partial charge in [0.25, 0.3) is 0 Å². The molecule has 0 bridgehead atoms. The molecule has 0 spiro atoms. The van der Waals surface area contributed by atoms with Crippen molar-refractivity contribution in [3.05, 3.63) is 0 Å². The molecule has 17 heavy (non-hydrogen) atoms. The van der Waals surface area contributed by atoms with Crippen molar-refractivity contribution in [1.29, 1.82) is 0 Å². The molecule has 0 unspecified atom stereocenters. The van der Waals surface area contributed by atoms with E-state index in [4.69, 9.17) is 5.11 Å². The Morgan fingerprint density at radius 3 is 2.65 bits per heavy atom. The highest BCUT2D eigenvalue weighted by molar-refractivity contribution is 5.94. The van der Waals surface area contributed by atoms with Gasteiger partial charge < -0.3 is 14.9 Å². The van der Waals surface area contributed by atoms with Crippen LogP contribution in [-0.4, -0.2) is 51.4 Å². The van der Waals surface area contributed by atoms with Crippen LogP contribution in [0.2, 0.25) is 0 Å². The first-order valence-corrected chi connectivity index (χ1v) is 5.77. The first-order valence-electron chi connectivity index (χ1n) is 5.77. The highest BCUT2D eigenvalue weighted by Gasteiger charge is 2.52. The molecule has 2 amide bonds. The molecule has 0 aromatic rings. The number of hydrogen-bond acceptors (Lipinski definition) is 3. The molecule has 0 radical (unpaired) electrons. The largest absolute Gasteiger partial charge is 0.480 e. The number of carbonyl (C=O) groups is 3. The number of nitrogens with zero attached hydrogens (tertiary/aromatic N) is 2. The van der Waals surface area contributed by atoms with E-state index < -0.39 is 12.0 Å². The Kier molecular flexibility index (Phi) is 2.81. The van der Waals surface area contributed by atoms with Crippen molar-refractivity contribution in [2.45, 2.75) is 38.9 Å². The van der Waals surface area contributed by atoms with Crippen LogP contribution >= 0.6 is 0 Å². The predicted octanol–water partition coefficient (Wildman–Crippen LogP) is -0.114. The first-order chi connectivity index (χ1) is 7.93. The number of aliphatic carboxylic acids is 1. The molecule has 2 rings (SSSR count). The minimum atomic E-state index is -1.04. The van der Waals surface area contributed by atoms with E-state index >= 15 is 0 Å². The highest BCUT2D eigenvalue weighted by Crippen LogP contribution is 2.34. The minimum Gasteiger partial charge on any atom is -0.480 e. The fourth-order valence-electron chi connectivity index (χ4n) is 2.70. The number of fused-ring (bicyclic) bond motifs is 1. The molecule has 2 heterocycles. The van der Waals surface area contributed by atoms with E-state index in [0.717, 1.165) is 0 Å². The van der Waals surface area contributed by atoms with E-state index in [2.05, 4.69) is 0 Å². The van der Waals surface area contributed by atoms with Gasteiger partial charge >= 0.3 is 5.97 Å². The Morgan fingerprint density at radius 2 is 2.12 bits per heavy atom. The summed E-state index contributed by atoms with van der Waals surface area (Å²) in [6, 6.07) is -0.491. The second-order valence-electron chi connectivity index (χ2n) is 4.87. The van der Waals surface area contributed by atoms with Gasteiger partial charge in [-0.15, -0.1) is 0 Å². The number of carboxylic acid groups (broad SMARTS) is 1. The number of rotatable bonds is 3. The lowest BCUT2D eigenvalue weighted by molar-refractivity contribution is -0.144. The van der Waals surface area contributed by atoms with E-state index in [-0.39, 0.29) is 30.4 Å². The van der Waals surface area contributed by atoms with Crippen LogP contribution in [0.5, 0.6) is 0 Å². The highest BCUT2D eigenvalue weighted by atomic mass is 16.4. The lowest BCUT2D eigenvalue weighted by Gasteiger charge is -2.24. The summed E-state index contributed by atoms with van der Waals surface area (Å²) in [5.41, 5.74) is 0. The van der Waals surface area contributed by atoms with Crippen molar-refractivity contribution in [1.82, 2.24) is 9.80 Å². The summed E-state index contributed by atoms with van der Waals surface area (Å²) in [5, 5.41) is 8.81. The van der Waals surface area contributed by atoms with E-state index in [9.17, 15) is 14.4 Å². The molecule has 0 saturated carbocycles. The van der Waals surface area contributed by atoms with Gasteiger partial charge in [-0.3, -0.25) is 14.4 Å². The van der Waals surface area contributed by atoms with Gasteiger partial charge in [-0.05, 0) is 12.3 Å². The van der Waals surface area contributed by atoms with Crippen LogP contribution in [0.25, 0.3) is 0 Å². The topological polar surface area (TPSA) is 77.9 Å². The van der Waals surface area contributed by atoms with Crippen LogP contribution in [0.3, 0.4) is 0 Å². The van der Waals surface area contributed by atoms with Crippen molar-refractivity contribution in [2.75, 3.05) is 6.54 Å². The summed E-state index contributed by atoms with van der Waals surface area (Å²) in [7, 11) is 0. The van der Waals surface area contributed by atoms with Crippen LogP contribution in [-0.2, 0) is 14.4 Å². The monoisotopic (exact) mass is 240 g/mol. The molecule has 2 atom stereocenters. The third kappa shape index (κ3) is 1.77. The van der Waals surface area contributed by atoms with Crippen molar-refractivity contribution in [3.63, 3.8) is 0 Å². The summed E-state index contributed by atoms with van der Waals surface area (Å²) >= 11 is 0. The van der Waals surface area contributed by atoms with E-state index in [1.165, 1.54) is 4.90 Å². The minimum absolute atomic E-state index is 0.00541. The Morgan fingerprint density at radius 1 is 1.47 bits per heavy atom. The zero-order chi connectivity index (χ0) is 12.7. The van der Waals surface area contributed by atoms with Gasteiger partial charge in [0.1, 0.15) is 18.8 Å². The van der Waals surface area contributed by atoms with Crippen molar-refractivity contribution < 1.29 is 19.5 Å². The molecular weight excluding hydrogens is 224 g/mol. The van der Waals surface area contributed by atoms with Crippen LogP contribution in [0.1, 0.15) is 26.7 Å². The van der Waals surface area contributed by atoms with Crippen molar-refractivity contribution in [2.24, 2.45) is 5.92 Å². The maximum atomic E-state index is 12.1. The molecule has 2 fully saturated rings. The fourth-order valence-corrected chi connectivity index (χ4v) is 2.70. The van der Waals surface area contributed by atoms with Crippen LogP contribution in [0.4, 0.5) is 0 Å². The second kappa shape index (κ2) is 4.01. The quantitative estimate of drug-likeness (QED) is 0.746. The van der Waals surface area contributed by atoms with Gasteiger partial charge in [0, 0.05) is 6.42 Å². The van der Waals surface area contributed by atoms with Gasteiger partial charge in [0.05, 0.1) is 0 Å². The molecule has 2 aliphatic rings. The molecular formula is C11H16N2O4. The smallest absolute Gasteiger partial charge is 0.323 e. The summed E-state index contributed by atoms with van der Waals surface area (Å²) in [6.45, 7) is 3.42. The third-order valence-corrected chi connectivity index (χ3v) is 3.36. The molecule has 0 aromatic carbocycles. The van der Waals surface area contributed by atoms with Crippen LogP contribution in [0, 0.1) is 5.92 Å². The summed E-state index contributed by atoms with van der Waals surface area (Å²) in [5.74, 6) is -1.32. The average molecular weight is 240 g/mol. The predicted molar refractivity (Wildman–Crippen MR) is 57.8 cm³/mol. The normalized spacial score (nSPS) is 28.2. The van der Waals surface area contributed by atoms with Gasteiger partial charge in [0.15, 0.2) is 0 Å². The number of hydrogen-bond donors (Lipinski definition) is 1. The second-order valence-corrected chi connectivity index (χ2v) is 4.87. The molecule has 94 valence electrons. The SMILES string of the molecule is CC(C)[C@H]1C(=O)N(CC(=O)O)[C@@H]2CCC(=O)N12. The first kappa shape index (κ1) is 11.9. The maximum absolute atomic E-state index is 12.1. The maximum Gasteiger partial charge on any atom is 0.323 e. The Bertz CT molecular complexity index is 380. The summed E-state index contributed by atoms with van der Waals surface area (Å²) in [6.07, 6.45) is 0.594. The molecule has 0 aliphatic carbocycles. The number of carboxylic acids is 1.